The van der Waals surface area contributed by atoms with E-state index >= 15 is 0 Å². The van der Waals surface area contributed by atoms with Crippen molar-refractivity contribution in [2.24, 2.45) is 7.05 Å². The van der Waals surface area contributed by atoms with Gasteiger partial charge in [0.15, 0.2) is 0 Å². The highest BCUT2D eigenvalue weighted by molar-refractivity contribution is 7.99. The molecule has 0 fully saturated rings. The largest absolute Gasteiger partial charge is 0.349 e. The topological polar surface area (TPSA) is 4.93 Å². The third-order valence-electron chi connectivity index (χ3n) is 2.08. The fourth-order valence-electron chi connectivity index (χ4n) is 1.49. The lowest BCUT2D eigenvalue weighted by Crippen LogP contribution is -1.82. The number of aryl methyl sites for hydroxylation is 1. The molecule has 0 aliphatic heterocycles. The van der Waals surface area contributed by atoms with Crippen molar-refractivity contribution in [3.63, 3.8) is 0 Å². The zero-order valence-corrected chi connectivity index (χ0v) is 8.39. The van der Waals surface area contributed by atoms with Crippen LogP contribution in [0.4, 0.5) is 8.78 Å². The van der Waals surface area contributed by atoms with E-state index in [0.29, 0.717) is 16.7 Å². The van der Waals surface area contributed by atoms with Crippen molar-refractivity contribution in [1.82, 2.24) is 4.57 Å². The molecule has 0 unspecified atom stereocenters. The standard InChI is InChI=1S/C10H9F2NS/c1-13-6-9(14-10(11)12)7-4-2-3-5-8(7)13/h2-6,10H,1H3. The zero-order valence-electron chi connectivity index (χ0n) is 7.58. The maximum Gasteiger partial charge on any atom is 0.288 e. The Bertz CT molecular complexity index is 450. The molecular weight excluding hydrogens is 204 g/mol. The molecule has 0 radical (unpaired) electrons. The van der Waals surface area contributed by atoms with Crippen LogP contribution in [-0.4, -0.2) is 10.3 Å². The molecule has 1 aromatic heterocycles. The molecule has 0 aliphatic rings. The molecule has 1 heterocycles. The van der Waals surface area contributed by atoms with E-state index in [2.05, 4.69) is 0 Å². The Morgan fingerprint density at radius 1 is 1.29 bits per heavy atom. The Balaban J connectivity index is 2.55. The summed E-state index contributed by atoms with van der Waals surface area (Å²) < 4.78 is 26.3. The highest BCUT2D eigenvalue weighted by Gasteiger charge is 2.11. The number of rotatable bonds is 2. The second-order valence-corrected chi connectivity index (χ2v) is 4.03. The van der Waals surface area contributed by atoms with Crippen molar-refractivity contribution in [3.8, 4) is 0 Å². The first-order valence-electron chi connectivity index (χ1n) is 4.17. The monoisotopic (exact) mass is 213 g/mol. The first-order chi connectivity index (χ1) is 6.68. The molecule has 74 valence electrons. The van der Waals surface area contributed by atoms with Crippen molar-refractivity contribution in [3.05, 3.63) is 30.5 Å². The molecule has 0 amide bonds. The van der Waals surface area contributed by atoms with Crippen LogP contribution < -0.4 is 0 Å². The minimum absolute atomic E-state index is 0.595. The van der Waals surface area contributed by atoms with Gasteiger partial charge in [-0.15, -0.1) is 0 Å². The molecule has 1 aromatic carbocycles. The van der Waals surface area contributed by atoms with Gasteiger partial charge in [0.25, 0.3) is 5.76 Å². The summed E-state index contributed by atoms with van der Waals surface area (Å²) in [6, 6.07) is 7.54. The lowest BCUT2D eigenvalue weighted by molar-refractivity contribution is 0.252. The first-order valence-corrected chi connectivity index (χ1v) is 5.05. The normalized spacial score (nSPS) is 11.4. The number of benzene rings is 1. The minimum atomic E-state index is -2.36. The molecule has 0 saturated heterocycles. The van der Waals surface area contributed by atoms with Gasteiger partial charge in [-0.3, -0.25) is 0 Å². The second kappa shape index (κ2) is 3.61. The van der Waals surface area contributed by atoms with Gasteiger partial charge in [0, 0.05) is 29.0 Å². The highest BCUT2D eigenvalue weighted by atomic mass is 32.2. The predicted octanol–water partition coefficient (Wildman–Crippen LogP) is 3.49. The van der Waals surface area contributed by atoms with Gasteiger partial charge in [-0.05, 0) is 6.07 Å². The number of alkyl halides is 2. The fraction of sp³-hybridized carbons (Fsp3) is 0.200. The van der Waals surface area contributed by atoms with E-state index in [1.807, 2.05) is 35.9 Å². The van der Waals surface area contributed by atoms with E-state index in [9.17, 15) is 8.78 Å². The first kappa shape index (κ1) is 9.52. The number of halogens is 2. The van der Waals surface area contributed by atoms with E-state index in [4.69, 9.17) is 0 Å². The summed E-state index contributed by atoms with van der Waals surface area (Å²) in [5.74, 6) is -2.36. The maximum absolute atomic E-state index is 12.2. The Morgan fingerprint density at radius 2 is 2.00 bits per heavy atom. The maximum atomic E-state index is 12.2. The zero-order chi connectivity index (χ0) is 10.1. The molecular formula is C10H9F2NS. The summed E-state index contributed by atoms with van der Waals surface area (Å²) in [6.45, 7) is 0. The Hall–Kier alpha value is -1.03. The molecule has 2 aromatic rings. The molecule has 14 heavy (non-hydrogen) atoms. The van der Waals surface area contributed by atoms with Gasteiger partial charge in [0.2, 0.25) is 0 Å². The van der Waals surface area contributed by atoms with Crippen molar-refractivity contribution >= 4 is 22.7 Å². The molecule has 0 atom stereocenters. The van der Waals surface area contributed by atoms with Crippen LogP contribution in [0.15, 0.2) is 35.4 Å². The average Bonchev–Trinajstić information content (AvgIpc) is 2.44. The Kier molecular flexibility index (Phi) is 2.46. The van der Waals surface area contributed by atoms with Crippen LogP contribution in [0, 0.1) is 0 Å². The third kappa shape index (κ3) is 1.62. The molecule has 0 saturated carbocycles. The van der Waals surface area contributed by atoms with E-state index < -0.39 is 5.76 Å². The van der Waals surface area contributed by atoms with Gasteiger partial charge in [-0.25, -0.2) is 0 Å². The van der Waals surface area contributed by atoms with Crippen LogP contribution >= 0.6 is 11.8 Å². The van der Waals surface area contributed by atoms with E-state index in [0.717, 1.165) is 10.9 Å². The van der Waals surface area contributed by atoms with Crippen molar-refractivity contribution in [2.45, 2.75) is 10.7 Å². The number of para-hydroxylation sites is 1. The third-order valence-corrected chi connectivity index (χ3v) is 2.83. The van der Waals surface area contributed by atoms with Gasteiger partial charge in [0.1, 0.15) is 0 Å². The van der Waals surface area contributed by atoms with Crippen molar-refractivity contribution in [2.75, 3.05) is 0 Å². The summed E-state index contributed by atoms with van der Waals surface area (Å²) in [5, 5.41) is 0.889. The highest BCUT2D eigenvalue weighted by Crippen LogP contribution is 2.32. The van der Waals surface area contributed by atoms with Crippen LogP contribution in [-0.2, 0) is 7.05 Å². The van der Waals surface area contributed by atoms with Gasteiger partial charge in [-0.1, -0.05) is 30.0 Å². The van der Waals surface area contributed by atoms with E-state index in [1.54, 1.807) is 6.20 Å². The average molecular weight is 213 g/mol. The minimum Gasteiger partial charge on any atom is -0.349 e. The summed E-state index contributed by atoms with van der Waals surface area (Å²) in [6.07, 6.45) is 1.74. The van der Waals surface area contributed by atoms with Crippen LogP contribution in [0.2, 0.25) is 0 Å². The molecule has 0 aliphatic carbocycles. The van der Waals surface area contributed by atoms with Crippen LogP contribution in [0.25, 0.3) is 10.9 Å². The second-order valence-electron chi connectivity index (χ2n) is 3.00. The van der Waals surface area contributed by atoms with E-state index in [1.165, 1.54) is 0 Å². The molecule has 0 spiro atoms. The number of hydrogen-bond donors (Lipinski definition) is 0. The van der Waals surface area contributed by atoms with Crippen LogP contribution in [0.5, 0.6) is 0 Å². The SMILES string of the molecule is Cn1cc(SC(F)F)c2ccccc21. The predicted molar refractivity (Wildman–Crippen MR) is 54.8 cm³/mol. The van der Waals surface area contributed by atoms with Crippen molar-refractivity contribution in [1.29, 1.82) is 0 Å². The summed E-state index contributed by atoms with van der Waals surface area (Å²) in [4.78, 5) is 0.637. The molecule has 1 nitrogen and oxygen atoms in total. The summed E-state index contributed by atoms with van der Waals surface area (Å²) in [5.41, 5.74) is 0.982. The number of thioether (sulfide) groups is 1. The summed E-state index contributed by atoms with van der Waals surface area (Å²) in [7, 11) is 1.86. The van der Waals surface area contributed by atoms with E-state index in [-0.39, 0.29) is 0 Å². The molecule has 2 rings (SSSR count). The summed E-state index contributed by atoms with van der Waals surface area (Å²) >= 11 is 0.595. The van der Waals surface area contributed by atoms with Gasteiger partial charge in [0.05, 0.1) is 0 Å². The quantitative estimate of drug-likeness (QED) is 0.691. The Labute approximate surface area is 84.7 Å². The smallest absolute Gasteiger partial charge is 0.288 e. The Morgan fingerprint density at radius 3 is 2.71 bits per heavy atom. The van der Waals surface area contributed by atoms with Crippen LogP contribution in [0.3, 0.4) is 0 Å². The number of fused-ring (bicyclic) bond motifs is 1. The number of nitrogens with zero attached hydrogens (tertiary/aromatic N) is 1. The molecule has 0 bridgehead atoms. The fourth-order valence-corrected chi connectivity index (χ4v) is 2.20. The van der Waals surface area contributed by atoms with Crippen molar-refractivity contribution < 1.29 is 8.78 Å². The van der Waals surface area contributed by atoms with Gasteiger partial charge >= 0.3 is 0 Å². The van der Waals surface area contributed by atoms with Crippen LogP contribution in [0.1, 0.15) is 0 Å². The molecule has 4 heteroatoms. The number of hydrogen-bond acceptors (Lipinski definition) is 1. The number of aromatic nitrogens is 1. The van der Waals surface area contributed by atoms with Gasteiger partial charge < -0.3 is 4.57 Å². The molecule has 0 N–H and O–H groups in total. The lowest BCUT2D eigenvalue weighted by Gasteiger charge is -1.96. The van der Waals surface area contributed by atoms with Gasteiger partial charge in [-0.2, -0.15) is 8.78 Å². The lowest BCUT2D eigenvalue weighted by atomic mass is 10.2.